The molecule has 0 spiro atoms. The van der Waals surface area contributed by atoms with Crippen molar-refractivity contribution in [3.63, 3.8) is 0 Å². The van der Waals surface area contributed by atoms with Crippen LogP contribution in [0, 0.1) is 5.92 Å². The summed E-state index contributed by atoms with van der Waals surface area (Å²) >= 11 is 0. The molecule has 0 rings (SSSR count). The van der Waals surface area contributed by atoms with Crippen LogP contribution in [0.1, 0.15) is 33.1 Å². The van der Waals surface area contributed by atoms with E-state index in [-0.39, 0.29) is 0 Å². The Bertz CT molecular complexity index is 121. The molecule has 2 heteroatoms. The molecular formula is C10H22N2. The number of rotatable bonds is 6. The van der Waals surface area contributed by atoms with Gasteiger partial charge < -0.3 is 10.3 Å². The summed E-state index contributed by atoms with van der Waals surface area (Å²) < 4.78 is 0. The highest BCUT2D eigenvalue weighted by Crippen LogP contribution is 2.11. The lowest BCUT2D eigenvalue weighted by atomic mass is 9.95. The molecule has 0 heterocycles. The first-order chi connectivity index (χ1) is 5.76. The number of aliphatic imine (C=N–C) groups is 1. The predicted octanol–water partition coefficient (Wildman–Crippen LogP) is 2.10. The van der Waals surface area contributed by atoms with Crippen LogP contribution in [-0.2, 0) is 0 Å². The maximum absolute atomic E-state index is 4.00. The van der Waals surface area contributed by atoms with Gasteiger partial charge in [-0.3, -0.25) is 0 Å². The van der Waals surface area contributed by atoms with E-state index in [0.717, 1.165) is 6.42 Å². The zero-order chi connectivity index (χ0) is 9.40. The maximum atomic E-state index is 4.00. The molecule has 12 heavy (non-hydrogen) atoms. The van der Waals surface area contributed by atoms with Crippen molar-refractivity contribution >= 4 is 6.21 Å². The Balaban J connectivity index is 3.75. The van der Waals surface area contributed by atoms with Crippen molar-refractivity contribution in [3.05, 3.63) is 0 Å². The topological polar surface area (TPSA) is 24.4 Å². The van der Waals surface area contributed by atoms with Gasteiger partial charge in [0.15, 0.2) is 0 Å². The smallest absolute Gasteiger partial charge is 0.0273 e. The first kappa shape index (κ1) is 11.6. The maximum Gasteiger partial charge on any atom is 0.0273 e. The van der Waals surface area contributed by atoms with E-state index in [2.05, 4.69) is 24.2 Å². The van der Waals surface area contributed by atoms with Crippen LogP contribution in [0.25, 0.3) is 0 Å². The van der Waals surface area contributed by atoms with Crippen LogP contribution in [0.2, 0.25) is 0 Å². The molecule has 0 radical (unpaired) electrons. The Labute approximate surface area is 76.5 Å². The summed E-state index contributed by atoms with van der Waals surface area (Å²) in [6.45, 7) is 4.50. The molecule has 0 saturated heterocycles. The summed E-state index contributed by atoms with van der Waals surface area (Å²) in [5.74, 6) is 0.693. The van der Waals surface area contributed by atoms with Crippen molar-refractivity contribution in [2.45, 2.75) is 39.2 Å². The van der Waals surface area contributed by atoms with Crippen LogP contribution in [-0.4, -0.2) is 26.4 Å². The normalized spacial score (nSPS) is 16.7. The molecular weight excluding hydrogens is 148 g/mol. The molecule has 0 amide bonds. The van der Waals surface area contributed by atoms with E-state index in [1.807, 2.05) is 20.3 Å². The van der Waals surface area contributed by atoms with Gasteiger partial charge in [0.25, 0.3) is 0 Å². The summed E-state index contributed by atoms with van der Waals surface area (Å²) in [5.41, 5.74) is 0. The third-order valence-electron chi connectivity index (χ3n) is 2.32. The van der Waals surface area contributed by atoms with E-state index in [0.29, 0.717) is 12.0 Å². The average Bonchev–Trinajstić information content (AvgIpc) is 2.10. The molecule has 1 unspecified atom stereocenters. The third-order valence-corrected chi connectivity index (χ3v) is 2.32. The summed E-state index contributed by atoms with van der Waals surface area (Å²) in [5, 5.41) is 3.35. The molecule has 0 aromatic rings. The lowest BCUT2D eigenvalue weighted by molar-refractivity contribution is 0.385. The summed E-state index contributed by atoms with van der Waals surface area (Å²) in [7, 11) is 3.88. The monoisotopic (exact) mass is 170 g/mol. The second kappa shape index (κ2) is 7.29. The molecule has 0 bridgehead atoms. The minimum absolute atomic E-state index is 0.646. The van der Waals surface area contributed by atoms with Crippen LogP contribution in [0.15, 0.2) is 4.99 Å². The van der Waals surface area contributed by atoms with Gasteiger partial charge >= 0.3 is 0 Å². The van der Waals surface area contributed by atoms with Crippen LogP contribution >= 0.6 is 0 Å². The molecule has 0 aliphatic rings. The van der Waals surface area contributed by atoms with Gasteiger partial charge in [-0.25, -0.2) is 0 Å². The van der Waals surface area contributed by atoms with E-state index in [4.69, 9.17) is 0 Å². The van der Waals surface area contributed by atoms with Crippen molar-refractivity contribution in [2.75, 3.05) is 14.1 Å². The predicted molar refractivity (Wildman–Crippen MR) is 56.0 cm³/mol. The molecule has 0 aromatic carbocycles. The van der Waals surface area contributed by atoms with Gasteiger partial charge in [0.05, 0.1) is 0 Å². The third kappa shape index (κ3) is 4.50. The van der Waals surface area contributed by atoms with Gasteiger partial charge in [-0.05, 0) is 32.0 Å². The van der Waals surface area contributed by atoms with E-state index >= 15 is 0 Å². The fourth-order valence-corrected chi connectivity index (χ4v) is 1.46. The van der Waals surface area contributed by atoms with Crippen LogP contribution < -0.4 is 5.32 Å². The zero-order valence-corrected chi connectivity index (χ0v) is 8.80. The largest absolute Gasteiger partial charge is 0.317 e. The number of hydrogen-bond donors (Lipinski definition) is 1. The van der Waals surface area contributed by atoms with E-state index < -0.39 is 0 Å². The Morgan fingerprint density at radius 2 is 2.17 bits per heavy atom. The minimum atomic E-state index is 0.646. The standard InChI is InChI=1S/C10H22N2/c1-5-6-10(12-4)9(2)7-8-11-3/h8-10,12H,5-7H2,1-4H3/t9?,10-/m0/s1. The Hall–Kier alpha value is -0.370. The minimum Gasteiger partial charge on any atom is -0.317 e. The fraction of sp³-hybridized carbons (Fsp3) is 0.900. The fourth-order valence-electron chi connectivity index (χ4n) is 1.46. The molecule has 0 aliphatic heterocycles. The molecule has 72 valence electrons. The molecule has 0 aliphatic carbocycles. The first-order valence-electron chi connectivity index (χ1n) is 4.84. The summed E-state index contributed by atoms with van der Waals surface area (Å²) in [6.07, 6.45) is 5.60. The van der Waals surface area contributed by atoms with Gasteiger partial charge in [-0.1, -0.05) is 20.3 Å². The molecule has 0 saturated carbocycles. The Kier molecular flexibility index (Phi) is 7.06. The molecule has 2 nitrogen and oxygen atoms in total. The van der Waals surface area contributed by atoms with E-state index in [1.54, 1.807) is 0 Å². The molecule has 0 fully saturated rings. The molecule has 2 atom stereocenters. The number of nitrogens with zero attached hydrogens (tertiary/aromatic N) is 1. The van der Waals surface area contributed by atoms with Crippen molar-refractivity contribution < 1.29 is 0 Å². The average molecular weight is 170 g/mol. The Morgan fingerprint density at radius 1 is 1.50 bits per heavy atom. The lowest BCUT2D eigenvalue weighted by Gasteiger charge is -2.21. The quantitative estimate of drug-likeness (QED) is 0.607. The molecule has 1 N–H and O–H groups in total. The summed E-state index contributed by atoms with van der Waals surface area (Å²) in [6, 6.07) is 0.646. The zero-order valence-electron chi connectivity index (χ0n) is 8.80. The van der Waals surface area contributed by atoms with Gasteiger partial charge in [0.2, 0.25) is 0 Å². The SMILES string of the molecule is CCC[C@H](NC)C(C)CC=NC. The van der Waals surface area contributed by atoms with E-state index in [1.165, 1.54) is 12.8 Å². The van der Waals surface area contributed by atoms with Gasteiger partial charge in [0.1, 0.15) is 0 Å². The number of hydrogen-bond acceptors (Lipinski definition) is 2. The highest BCUT2D eigenvalue weighted by molar-refractivity contribution is 5.57. The number of nitrogens with one attached hydrogen (secondary N) is 1. The van der Waals surface area contributed by atoms with Crippen molar-refractivity contribution in [1.29, 1.82) is 0 Å². The summed E-state index contributed by atoms with van der Waals surface area (Å²) in [4.78, 5) is 4.00. The van der Waals surface area contributed by atoms with Crippen molar-refractivity contribution in [3.8, 4) is 0 Å². The second-order valence-electron chi connectivity index (χ2n) is 3.34. The lowest BCUT2D eigenvalue weighted by Crippen LogP contribution is -2.32. The van der Waals surface area contributed by atoms with Gasteiger partial charge in [-0.15, -0.1) is 0 Å². The van der Waals surface area contributed by atoms with Crippen molar-refractivity contribution in [2.24, 2.45) is 10.9 Å². The van der Waals surface area contributed by atoms with Gasteiger partial charge in [-0.2, -0.15) is 0 Å². The van der Waals surface area contributed by atoms with E-state index in [9.17, 15) is 0 Å². The van der Waals surface area contributed by atoms with Gasteiger partial charge in [0, 0.05) is 13.1 Å². The first-order valence-corrected chi connectivity index (χ1v) is 4.84. The van der Waals surface area contributed by atoms with Crippen LogP contribution in [0.3, 0.4) is 0 Å². The highest BCUT2D eigenvalue weighted by atomic mass is 14.9. The Morgan fingerprint density at radius 3 is 2.58 bits per heavy atom. The van der Waals surface area contributed by atoms with Crippen LogP contribution in [0.5, 0.6) is 0 Å². The highest BCUT2D eigenvalue weighted by Gasteiger charge is 2.12. The molecule has 0 aromatic heterocycles. The second-order valence-corrected chi connectivity index (χ2v) is 3.34. The van der Waals surface area contributed by atoms with Crippen molar-refractivity contribution in [1.82, 2.24) is 5.32 Å². The van der Waals surface area contributed by atoms with Crippen LogP contribution in [0.4, 0.5) is 0 Å².